The minimum absolute atomic E-state index is 0.0904. The van der Waals surface area contributed by atoms with E-state index in [1.165, 1.54) is 0 Å². The topological polar surface area (TPSA) is 33.5 Å². The summed E-state index contributed by atoms with van der Waals surface area (Å²) in [5.74, 6) is 0.942. The SMILES string of the molecule is CCC(Br)C(=O)N(CC)Cc1ccco1. The number of rotatable bonds is 5. The lowest BCUT2D eigenvalue weighted by Gasteiger charge is -2.21. The van der Waals surface area contributed by atoms with Crippen LogP contribution in [0.15, 0.2) is 22.8 Å². The third kappa shape index (κ3) is 3.38. The number of carbonyl (C=O) groups is 1. The van der Waals surface area contributed by atoms with Crippen LogP contribution in [0.3, 0.4) is 0 Å². The molecule has 0 bridgehead atoms. The summed E-state index contributed by atoms with van der Waals surface area (Å²) in [6.45, 7) is 5.19. The lowest BCUT2D eigenvalue weighted by Crippen LogP contribution is -2.35. The number of alkyl halides is 1. The van der Waals surface area contributed by atoms with Gasteiger partial charge in [-0.3, -0.25) is 4.79 Å². The van der Waals surface area contributed by atoms with Crippen LogP contribution in [0.1, 0.15) is 26.0 Å². The van der Waals surface area contributed by atoms with Gasteiger partial charge in [0.2, 0.25) is 5.91 Å². The van der Waals surface area contributed by atoms with Crippen molar-refractivity contribution in [3.63, 3.8) is 0 Å². The van der Waals surface area contributed by atoms with Gasteiger partial charge in [-0.2, -0.15) is 0 Å². The second-order valence-electron chi connectivity index (χ2n) is 3.31. The van der Waals surface area contributed by atoms with Gasteiger partial charge in [0.1, 0.15) is 5.76 Å². The summed E-state index contributed by atoms with van der Waals surface area (Å²) in [5.41, 5.74) is 0. The van der Waals surface area contributed by atoms with Crippen molar-refractivity contribution in [3.05, 3.63) is 24.2 Å². The Labute approximate surface area is 98.6 Å². The fourth-order valence-electron chi connectivity index (χ4n) is 1.31. The van der Waals surface area contributed by atoms with Crippen LogP contribution in [0.25, 0.3) is 0 Å². The highest BCUT2D eigenvalue weighted by atomic mass is 79.9. The lowest BCUT2D eigenvalue weighted by molar-refractivity contribution is -0.131. The molecule has 0 aromatic carbocycles. The quantitative estimate of drug-likeness (QED) is 0.773. The summed E-state index contributed by atoms with van der Waals surface area (Å²) in [5, 5.41) is 0. The highest BCUT2D eigenvalue weighted by Crippen LogP contribution is 2.12. The van der Waals surface area contributed by atoms with Crippen LogP contribution in [0, 0.1) is 0 Å². The van der Waals surface area contributed by atoms with Gasteiger partial charge >= 0.3 is 0 Å². The van der Waals surface area contributed by atoms with Gasteiger partial charge in [0.25, 0.3) is 0 Å². The number of halogens is 1. The molecular formula is C11H16BrNO2. The van der Waals surface area contributed by atoms with E-state index in [4.69, 9.17) is 4.42 Å². The van der Waals surface area contributed by atoms with Gasteiger partial charge in [0, 0.05) is 6.54 Å². The molecule has 3 nitrogen and oxygen atoms in total. The number of nitrogens with zero attached hydrogens (tertiary/aromatic N) is 1. The van der Waals surface area contributed by atoms with Crippen LogP contribution >= 0.6 is 15.9 Å². The van der Waals surface area contributed by atoms with Crippen molar-refractivity contribution in [1.29, 1.82) is 0 Å². The molecule has 0 aliphatic rings. The van der Waals surface area contributed by atoms with Crippen LogP contribution in [0.5, 0.6) is 0 Å². The zero-order valence-electron chi connectivity index (χ0n) is 9.07. The highest BCUT2D eigenvalue weighted by Gasteiger charge is 2.19. The van der Waals surface area contributed by atoms with Gasteiger partial charge in [0.05, 0.1) is 17.6 Å². The largest absolute Gasteiger partial charge is 0.467 e. The Morgan fingerprint density at radius 2 is 2.33 bits per heavy atom. The molecular weight excluding hydrogens is 258 g/mol. The van der Waals surface area contributed by atoms with Crippen molar-refractivity contribution in [2.75, 3.05) is 6.54 Å². The minimum Gasteiger partial charge on any atom is -0.467 e. The first-order valence-electron chi connectivity index (χ1n) is 5.14. The Morgan fingerprint density at radius 3 is 2.80 bits per heavy atom. The molecule has 1 aromatic heterocycles. The van der Waals surface area contributed by atoms with Crippen molar-refractivity contribution >= 4 is 21.8 Å². The Bertz CT molecular complexity index is 298. The average Bonchev–Trinajstić information content (AvgIpc) is 2.76. The number of furan rings is 1. The molecule has 15 heavy (non-hydrogen) atoms. The molecule has 0 aliphatic carbocycles. The number of carbonyl (C=O) groups excluding carboxylic acids is 1. The fourth-order valence-corrected chi connectivity index (χ4v) is 1.60. The van der Waals surface area contributed by atoms with Crippen LogP contribution < -0.4 is 0 Å². The third-order valence-electron chi connectivity index (χ3n) is 2.25. The van der Waals surface area contributed by atoms with Crippen LogP contribution in [-0.4, -0.2) is 22.2 Å². The van der Waals surface area contributed by atoms with E-state index in [-0.39, 0.29) is 10.7 Å². The molecule has 84 valence electrons. The monoisotopic (exact) mass is 273 g/mol. The summed E-state index contributed by atoms with van der Waals surface area (Å²) in [6.07, 6.45) is 2.42. The van der Waals surface area contributed by atoms with E-state index in [1.807, 2.05) is 26.0 Å². The maximum atomic E-state index is 11.9. The van der Waals surface area contributed by atoms with Gasteiger partial charge in [-0.15, -0.1) is 0 Å². The Hall–Kier alpha value is -0.770. The summed E-state index contributed by atoms with van der Waals surface area (Å²) in [7, 11) is 0. The molecule has 0 saturated heterocycles. The standard InChI is InChI=1S/C11H16BrNO2/c1-3-10(12)11(14)13(4-2)8-9-6-5-7-15-9/h5-7,10H,3-4,8H2,1-2H3. The molecule has 0 aliphatic heterocycles. The maximum Gasteiger partial charge on any atom is 0.236 e. The van der Waals surface area contributed by atoms with Gasteiger partial charge < -0.3 is 9.32 Å². The summed E-state index contributed by atoms with van der Waals surface area (Å²) < 4.78 is 5.22. The number of amides is 1. The van der Waals surface area contributed by atoms with E-state index in [9.17, 15) is 4.79 Å². The molecule has 1 amide bonds. The first kappa shape index (κ1) is 12.3. The van der Waals surface area contributed by atoms with Gasteiger partial charge in [0.15, 0.2) is 0 Å². The van der Waals surface area contributed by atoms with E-state index >= 15 is 0 Å². The maximum absolute atomic E-state index is 11.9. The van der Waals surface area contributed by atoms with Crippen molar-refractivity contribution < 1.29 is 9.21 Å². The van der Waals surface area contributed by atoms with Crippen molar-refractivity contribution in [3.8, 4) is 0 Å². The van der Waals surface area contributed by atoms with Crippen molar-refractivity contribution in [1.82, 2.24) is 4.90 Å². The predicted octanol–water partition coefficient (Wildman–Crippen LogP) is 2.80. The van der Waals surface area contributed by atoms with E-state index in [0.717, 1.165) is 12.2 Å². The Kier molecular flexibility index (Phi) is 4.88. The van der Waals surface area contributed by atoms with Gasteiger partial charge in [-0.1, -0.05) is 22.9 Å². The molecule has 0 radical (unpaired) electrons. The number of hydrogen-bond acceptors (Lipinski definition) is 2. The smallest absolute Gasteiger partial charge is 0.236 e. The fraction of sp³-hybridized carbons (Fsp3) is 0.545. The molecule has 0 spiro atoms. The second-order valence-corrected chi connectivity index (χ2v) is 4.41. The molecule has 1 heterocycles. The first-order valence-corrected chi connectivity index (χ1v) is 6.05. The molecule has 0 fully saturated rings. The zero-order chi connectivity index (χ0) is 11.3. The van der Waals surface area contributed by atoms with E-state index < -0.39 is 0 Å². The molecule has 1 aromatic rings. The van der Waals surface area contributed by atoms with Crippen LogP contribution in [0.2, 0.25) is 0 Å². The normalized spacial score (nSPS) is 12.5. The van der Waals surface area contributed by atoms with E-state index in [2.05, 4.69) is 15.9 Å². The Balaban J connectivity index is 2.60. The Morgan fingerprint density at radius 1 is 1.60 bits per heavy atom. The van der Waals surface area contributed by atoms with E-state index in [1.54, 1.807) is 11.2 Å². The lowest BCUT2D eigenvalue weighted by atomic mass is 10.3. The van der Waals surface area contributed by atoms with Crippen LogP contribution in [-0.2, 0) is 11.3 Å². The molecule has 1 unspecified atom stereocenters. The second kappa shape index (κ2) is 5.95. The number of hydrogen-bond donors (Lipinski definition) is 0. The predicted molar refractivity (Wildman–Crippen MR) is 62.8 cm³/mol. The molecule has 0 N–H and O–H groups in total. The van der Waals surface area contributed by atoms with E-state index in [0.29, 0.717) is 13.1 Å². The minimum atomic E-state index is -0.0904. The summed E-state index contributed by atoms with van der Waals surface area (Å²) >= 11 is 3.37. The van der Waals surface area contributed by atoms with Gasteiger partial charge in [-0.25, -0.2) is 0 Å². The average molecular weight is 274 g/mol. The zero-order valence-corrected chi connectivity index (χ0v) is 10.7. The molecule has 1 atom stereocenters. The third-order valence-corrected chi connectivity index (χ3v) is 3.29. The highest BCUT2D eigenvalue weighted by molar-refractivity contribution is 9.10. The summed E-state index contributed by atoms with van der Waals surface area (Å²) in [6, 6.07) is 3.71. The molecule has 1 rings (SSSR count). The van der Waals surface area contributed by atoms with Crippen molar-refractivity contribution in [2.24, 2.45) is 0 Å². The first-order chi connectivity index (χ1) is 7.19. The molecule has 4 heteroatoms. The summed E-state index contributed by atoms with van der Waals surface area (Å²) in [4.78, 5) is 13.6. The van der Waals surface area contributed by atoms with Gasteiger partial charge in [-0.05, 0) is 25.5 Å². The van der Waals surface area contributed by atoms with Crippen molar-refractivity contribution in [2.45, 2.75) is 31.6 Å². The molecule has 0 saturated carbocycles. The van der Waals surface area contributed by atoms with Crippen LogP contribution in [0.4, 0.5) is 0 Å².